The highest BCUT2D eigenvalue weighted by atomic mass is 16.5. The molecule has 0 spiro atoms. The first-order chi connectivity index (χ1) is 17.5. The van der Waals surface area contributed by atoms with Gasteiger partial charge in [-0.3, -0.25) is 19.0 Å². The number of ketones is 2. The summed E-state index contributed by atoms with van der Waals surface area (Å²) in [5.74, 6) is -1.25. The van der Waals surface area contributed by atoms with Gasteiger partial charge in [-0.25, -0.2) is 15.0 Å². The van der Waals surface area contributed by atoms with Crippen LogP contribution in [-0.2, 0) is 4.74 Å². The molecule has 1 aliphatic carbocycles. The van der Waals surface area contributed by atoms with Gasteiger partial charge in [0.15, 0.2) is 28.5 Å². The molecule has 180 valence electrons. The minimum atomic E-state index is -0.840. The van der Waals surface area contributed by atoms with Gasteiger partial charge in [0.05, 0.1) is 24.6 Å². The summed E-state index contributed by atoms with van der Waals surface area (Å²) in [6.07, 6.45) is 0.768. The molecule has 2 aliphatic rings. The summed E-state index contributed by atoms with van der Waals surface area (Å²) in [4.78, 5) is 52.3. The molecule has 0 saturated carbocycles. The molecule has 36 heavy (non-hydrogen) atoms. The standard InChI is InChI=1S/C25H19N5O6/c31-9-17-16(32)8-18(36-17)30-11-28-20-23(26-10-27-24(20)30)29-25(35)15-7-3-6-14-19(15)22(34)13-5-2-1-4-12(13)21(14)33/h1-7,10-11,16-18,31-32H,8-9H2,(H,26,27,29,35)/t16?,17-,18-/m1/s1. The molecule has 6 rings (SSSR count). The van der Waals surface area contributed by atoms with Gasteiger partial charge in [0.25, 0.3) is 5.91 Å². The molecule has 11 nitrogen and oxygen atoms in total. The molecule has 4 aromatic rings. The number of hydrogen-bond donors (Lipinski definition) is 3. The second-order valence-electron chi connectivity index (χ2n) is 8.55. The predicted molar refractivity (Wildman–Crippen MR) is 125 cm³/mol. The van der Waals surface area contributed by atoms with E-state index in [4.69, 9.17) is 4.74 Å². The van der Waals surface area contributed by atoms with Gasteiger partial charge in [-0.15, -0.1) is 0 Å². The molecule has 0 radical (unpaired) electrons. The summed E-state index contributed by atoms with van der Waals surface area (Å²) >= 11 is 0. The number of nitrogens with zero attached hydrogens (tertiary/aromatic N) is 4. The van der Waals surface area contributed by atoms with Crippen LogP contribution in [0.25, 0.3) is 11.2 Å². The number of rotatable bonds is 4. The molecule has 1 unspecified atom stereocenters. The average molecular weight is 485 g/mol. The van der Waals surface area contributed by atoms with E-state index in [1.165, 1.54) is 24.8 Å². The Morgan fingerprint density at radius 1 is 1.03 bits per heavy atom. The third-order valence-corrected chi connectivity index (χ3v) is 6.48. The van der Waals surface area contributed by atoms with Crippen molar-refractivity contribution in [2.24, 2.45) is 0 Å². The molecule has 2 aromatic heterocycles. The van der Waals surface area contributed by atoms with Gasteiger partial charge >= 0.3 is 0 Å². The number of amides is 1. The molecule has 3 heterocycles. The van der Waals surface area contributed by atoms with Crippen molar-refractivity contribution >= 4 is 34.5 Å². The lowest BCUT2D eigenvalue weighted by Gasteiger charge is -2.19. The summed E-state index contributed by atoms with van der Waals surface area (Å²) in [5, 5.41) is 22.1. The summed E-state index contributed by atoms with van der Waals surface area (Å²) < 4.78 is 7.28. The number of carbonyl (C=O) groups is 3. The summed E-state index contributed by atoms with van der Waals surface area (Å²) in [6.45, 7) is -0.326. The average Bonchev–Trinajstić information content (AvgIpc) is 3.50. The van der Waals surface area contributed by atoms with Crippen LogP contribution in [0.3, 0.4) is 0 Å². The van der Waals surface area contributed by atoms with E-state index in [1.807, 2.05) is 0 Å². The normalized spacial score (nSPS) is 20.9. The molecule has 3 N–H and O–H groups in total. The van der Waals surface area contributed by atoms with Crippen LogP contribution in [0.5, 0.6) is 0 Å². The quantitative estimate of drug-likeness (QED) is 0.343. The topological polar surface area (TPSA) is 157 Å². The number of anilines is 1. The maximum atomic E-state index is 13.3. The number of benzene rings is 2. The van der Waals surface area contributed by atoms with Crippen molar-refractivity contribution < 1.29 is 29.3 Å². The van der Waals surface area contributed by atoms with Crippen molar-refractivity contribution in [1.82, 2.24) is 19.5 Å². The first kappa shape index (κ1) is 22.2. The Kier molecular flexibility index (Phi) is 5.18. The van der Waals surface area contributed by atoms with Crippen LogP contribution in [0.1, 0.15) is 54.8 Å². The number of imidazole rings is 1. The summed E-state index contributed by atoms with van der Waals surface area (Å²) in [6, 6.07) is 11.1. The molecule has 1 fully saturated rings. The number of fused-ring (bicyclic) bond motifs is 3. The Bertz CT molecular complexity index is 1560. The predicted octanol–water partition coefficient (Wildman–Crippen LogP) is 1.49. The molecule has 1 amide bonds. The van der Waals surface area contributed by atoms with Gasteiger partial charge in [0.1, 0.15) is 18.7 Å². The van der Waals surface area contributed by atoms with Crippen LogP contribution in [-0.4, -0.2) is 66.0 Å². The van der Waals surface area contributed by atoms with Gasteiger partial charge in [0, 0.05) is 28.7 Å². The van der Waals surface area contributed by atoms with E-state index in [0.29, 0.717) is 11.2 Å². The van der Waals surface area contributed by atoms with Crippen LogP contribution in [0.2, 0.25) is 0 Å². The molecule has 0 bridgehead atoms. The minimum Gasteiger partial charge on any atom is -0.394 e. The number of aliphatic hydroxyl groups excluding tert-OH is 2. The Morgan fingerprint density at radius 3 is 2.53 bits per heavy atom. The second-order valence-corrected chi connectivity index (χ2v) is 8.55. The van der Waals surface area contributed by atoms with Gasteiger partial charge in [-0.2, -0.15) is 0 Å². The monoisotopic (exact) mass is 485 g/mol. The lowest BCUT2D eigenvalue weighted by Crippen LogP contribution is -2.25. The minimum absolute atomic E-state index is 0.0397. The lowest BCUT2D eigenvalue weighted by molar-refractivity contribution is -0.0432. The number of aliphatic hydroxyl groups is 2. The number of carbonyl (C=O) groups excluding carboxylic acids is 3. The fourth-order valence-electron chi connectivity index (χ4n) is 4.71. The maximum Gasteiger partial charge on any atom is 0.257 e. The molecule has 11 heteroatoms. The zero-order valence-corrected chi connectivity index (χ0v) is 18.7. The van der Waals surface area contributed by atoms with Gasteiger partial charge in [0.2, 0.25) is 0 Å². The van der Waals surface area contributed by atoms with Gasteiger partial charge in [-0.1, -0.05) is 36.4 Å². The molecule has 1 saturated heterocycles. The maximum absolute atomic E-state index is 13.3. The van der Waals surface area contributed by atoms with Crippen LogP contribution >= 0.6 is 0 Å². The Labute approximate surface area is 203 Å². The van der Waals surface area contributed by atoms with Crippen LogP contribution in [0, 0.1) is 0 Å². The smallest absolute Gasteiger partial charge is 0.257 e. The van der Waals surface area contributed by atoms with Crippen molar-refractivity contribution in [3.8, 4) is 0 Å². The largest absolute Gasteiger partial charge is 0.394 e. The fourth-order valence-corrected chi connectivity index (χ4v) is 4.71. The first-order valence-electron chi connectivity index (χ1n) is 11.2. The van der Waals surface area contributed by atoms with Crippen LogP contribution in [0.4, 0.5) is 5.82 Å². The number of ether oxygens (including phenoxy) is 1. The van der Waals surface area contributed by atoms with E-state index in [-0.39, 0.29) is 52.4 Å². The second kappa shape index (κ2) is 8.41. The van der Waals surface area contributed by atoms with Crippen molar-refractivity contribution in [2.75, 3.05) is 11.9 Å². The Hall–Kier alpha value is -4.32. The highest BCUT2D eigenvalue weighted by Gasteiger charge is 2.36. The summed E-state index contributed by atoms with van der Waals surface area (Å²) in [5.41, 5.74) is 1.42. The highest BCUT2D eigenvalue weighted by molar-refractivity contribution is 6.31. The zero-order chi connectivity index (χ0) is 25.0. The van der Waals surface area contributed by atoms with Crippen molar-refractivity contribution in [2.45, 2.75) is 24.9 Å². The van der Waals surface area contributed by atoms with Gasteiger partial charge < -0.3 is 20.3 Å². The lowest BCUT2D eigenvalue weighted by atomic mass is 9.81. The molecular formula is C25H19N5O6. The molecule has 1 aliphatic heterocycles. The van der Waals surface area contributed by atoms with Crippen molar-refractivity contribution in [3.05, 3.63) is 82.9 Å². The Morgan fingerprint density at radius 2 is 1.78 bits per heavy atom. The third kappa shape index (κ3) is 3.33. The van der Waals surface area contributed by atoms with E-state index in [2.05, 4.69) is 20.3 Å². The SMILES string of the molecule is O=C(Nc1ncnc2c1ncn2[C@H]1CC(O)[C@@H](CO)O1)c1cccc2c1C(=O)c1ccccc1C2=O. The van der Waals surface area contributed by atoms with Gasteiger partial charge in [-0.05, 0) is 6.07 Å². The summed E-state index contributed by atoms with van der Waals surface area (Å²) in [7, 11) is 0. The molecule has 2 aromatic carbocycles. The van der Waals surface area contributed by atoms with Crippen LogP contribution < -0.4 is 5.32 Å². The van der Waals surface area contributed by atoms with E-state index in [9.17, 15) is 24.6 Å². The van der Waals surface area contributed by atoms with Crippen molar-refractivity contribution in [3.63, 3.8) is 0 Å². The fraction of sp³-hybridized carbons (Fsp3) is 0.200. The van der Waals surface area contributed by atoms with Crippen molar-refractivity contribution in [1.29, 1.82) is 0 Å². The van der Waals surface area contributed by atoms with E-state index in [1.54, 1.807) is 34.9 Å². The van der Waals surface area contributed by atoms with E-state index >= 15 is 0 Å². The molecule has 3 atom stereocenters. The number of aromatic nitrogens is 4. The molecular weight excluding hydrogens is 466 g/mol. The Balaban J connectivity index is 1.34. The number of nitrogens with one attached hydrogen (secondary N) is 1. The third-order valence-electron chi connectivity index (χ3n) is 6.48. The van der Waals surface area contributed by atoms with E-state index in [0.717, 1.165) is 0 Å². The number of hydrogen-bond acceptors (Lipinski definition) is 9. The van der Waals surface area contributed by atoms with Crippen LogP contribution in [0.15, 0.2) is 55.1 Å². The zero-order valence-electron chi connectivity index (χ0n) is 18.7. The van der Waals surface area contributed by atoms with E-state index < -0.39 is 30.1 Å². The highest BCUT2D eigenvalue weighted by Crippen LogP contribution is 2.33. The first-order valence-corrected chi connectivity index (χ1v) is 11.2.